The van der Waals surface area contributed by atoms with Crippen molar-refractivity contribution in [1.29, 1.82) is 0 Å². The molecule has 1 atom stereocenters. The summed E-state index contributed by atoms with van der Waals surface area (Å²) in [6.45, 7) is 13.2. The summed E-state index contributed by atoms with van der Waals surface area (Å²) in [4.78, 5) is 14.4. The molecule has 0 unspecified atom stereocenters. The van der Waals surface area contributed by atoms with E-state index in [1.54, 1.807) is 14.0 Å². The van der Waals surface area contributed by atoms with E-state index in [-0.39, 0.29) is 11.5 Å². The predicted octanol–water partition coefficient (Wildman–Crippen LogP) is 4.38. The molecule has 0 amide bonds. The van der Waals surface area contributed by atoms with Gasteiger partial charge in [-0.2, -0.15) is 0 Å². The zero-order chi connectivity index (χ0) is 17.9. The fraction of sp³-hybridized carbons (Fsp3) is 0.667. The van der Waals surface area contributed by atoms with Gasteiger partial charge in [0.05, 0.1) is 12.6 Å². The Bertz CT molecular complexity index is 586. The van der Waals surface area contributed by atoms with Crippen LogP contribution in [-0.4, -0.2) is 30.4 Å². The standard InChI is InChI=1S/C21H33NO2/c1-15-11-17(13-22-10-8-7-9-20(22)16(2)23)18(14-24-6)12-19(15)21(3,4)5/h11-12,20H,7-10,13-14H2,1-6H3/t20-/m0/s1. The van der Waals surface area contributed by atoms with Crippen LogP contribution in [0.15, 0.2) is 12.1 Å². The fourth-order valence-electron chi connectivity index (χ4n) is 3.92. The molecule has 0 N–H and O–H groups in total. The molecule has 0 bridgehead atoms. The molecule has 3 nitrogen and oxygen atoms in total. The number of Topliss-reactive ketones (excluding diaryl/α,β-unsaturated/α-hetero) is 1. The second-order valence-corrected chi connectivity index (χ2v) is 8.21. The highest BCUT2D eigenvalue weighted by molar-refractivity contribution is 5.81. The lowest BCUT2D eigenvalue weighted by molar-refractivity contribution is -0.123. The molecule has 1 aliphatic rings. The first-order valence-corrected chi connectivity index (χ1v) is 9.10. The van der Waals surface area contributed by atoms with Crippen molar-refractivity contribution >= 4 is 5.78 Å². The second kappa shape index (κ2) is 7.79. The molecule has 3 heteroatoms. The summed E-state index contributed by atoms with van der Waals surface area (Å²) >= 11 is 0. The number of ether oxygens (including phenoxy) is 1. The molecule has 134 valence electrons. The van der Waals surface area contributed by atoms with E-state index in [2.05, 4.69) is 44.7 Å². The lowest BCUT2D eigenvalue weighted by atomic mass is 9.82. The van der Waals surface area contributed by atoms with Gasteiger partial charge in [0, 0.05) is 13.7 Å². The number of benzene rings is 1. The first kappa shape index (κ1) is 19.1. The van der Waals surface area contributed by atoms with E-state index in [0.29, 0.717) is 12.4 Å². The maximum Gasteiger partial charge on any atom is 0.146 e. The highest BCUT2D eigenvalue weighted by Crippen LogP contribution is 2.30. The van der Waals surface area contributed by atoms with Crippen LogP contribution < -0.4 is 0 Å². The van der Waals surface area contributed by atoms with Crippen LogP contribution in [0.5, 0.6) is 0 Å². The number of ketones is 1. The number of hydrogen-bond donors (Lipinski definition) is 0. The van der Waals surface area contributed by atoms with E-state index in [0.717, 1.165) is 25.9 Å². The second-order valence-electron chi connectivity index (χ2n) is 8.21. The normalized spacial score (nSPS) is 19.5. The minimum atomic E-state index is 0.0803. The van der Waals surface area contributed by atoms with Gasteiger partial charge in [0.25, 0.3) is 0 Å². The van der Waals surface area contributed by atoms with Crippen molar-refractivity contribution in [3.63, 3.8) is 0 Å². The summed E-state index contributed by atoms with van der Waals surface area (Å²) in [5.41, 5.74) is 5.38. The van der Waals surface area contributed by atoms with Crippen molar-refractivity contribution in [3.8, 4) is 0 Å². The van der Waals surface area contributed by atoms with Crippen LogP contribution in [0, 0.1) is 6.92 Å². The Morgan fingerprint density at radius 3 is 2.54 bits per heavy atom. The van der Waals surface area contributed by atoms with Gasteiger partial charge in [0.2, 0.25) is 0 Å². The SMILES string of the molecule is COCc1cc(C(C)(C)C)c(C)cc1CN1CCCC[C@H]1C(C)=O. The molecule has 1 fully saturated rings. The highest BCUT2D eigenvalue weighted by atomic mass is 16.5. The molecule has 0 spiro atoms. The van der Waals surface area contributed by atoms with Crippen LogP contribution in [0.25, 0.3) is 0 Å². The topological polar surface area (TPSA) is 29.5 Å². The van der Waals surface area contributed by atoms with Crippen molar-refractivity contribution in [3.05, 3.63) is 34.4 Å². The van der Waals surface area contributed by atoms with E-state index in [9.17, 15) is 4.79 Å². The fourth-order valence-corrected chi connectivity index (χ4v) is 3.92. The highest BCUT2D eigenvalue weighted by Gasteiger charge is 2.27. The third-order valence-electron chi connectivity index (χ3n) is 5.11. The van der Waals surface area contributed by atoms with Crippen molar-refractivity contribution in [2.45, 2.75) is 78.5 Å². The van der Waals surface area contributed by atoms with Gasteiger partial charge in [0.15, 0.2) is 0 Å². The quantitative estimate of drug-likeness (QED) is 0.802. The van der Waals surface area contributed by atoms with Crippen LogP contribution in [0.3, 0.4) is 0 Å². The molecule has 1 saturated heterocycles. The van der Waals surface area contributed by atoms with E-state index in [1.165, 1.54) is 28.7 Å². The number of nitrogens with zero attached hydrogens (tertiary/aromatic N) is 1. The van der Waals surface area contributed by atoms with Gasteiger partial charge in [0.1, 0.15) is 5.78 Å². The Balaban J connectivity index is 2.34. The van der Waals surface area contributed by atoms with E-state index < -0.39 is 0 Å². The molecule has 0 aromatic heterocycles. The maximum atomic E-state index is 12.0. The summed E-state index contributed by atoms with van der Waals surface area (Å²) in [7, 11) is 1.75. The van der Waals surface area contributed by atoms with Crippen molar-refractivity contribution in [2.24, 2.45) is 0 Å². The lowest BCUT2D eigenvalue weighted by Crippen LogP contribution is -2.43. The molecular formula is C21H33NO2. The largest absolute Gasteiger partial charge is 0.380 e. The monoisotopic (exact) mass is 331 g/mol. The zero-order valence-corrected chi connectivity index (χ0v) is 16.2. The lowest BCUT2D eigenvalue weighted by Gasteiger charge is -2.35. The Morgan fingerprint density at radius 1 is 1.25 bits per heavy atom. The predicted molar refractivity (Wildman–Crippen MR) is 99.3 cm³/mol. The third-order valence-corrected chi connectivity index (χ3v) is 5.11. The number of aryl methyl sites for hydroxylation is 1. The smallest absolute Gasteiger partial charge is 0.146 e. The summed E-state index contributed by atoms with van der Waals surface area (Å²) in [6.07, 6.45) is 3.34. The molecule has 1 aromatic carbocycles. The maximum absolute atomic E-state index is 12.0. The molecule has 0 saturated carbocycles. The van der Waals surface area contributed by atoms with Gasteiger partial charge in [-0.15, -0.1) is 0 Å². The minimum Gasteiger partial charge on any atom is -0.380 e. The molecule has 2 rings (SSSR count). The van der Waals surface area contributed by atoms with Gasteiger partial charge >= 0.3 is 0 Å². The number of methoxy groups -OCH3 is 1. The van der Waals surface area contributed by atoms with E-state index in [4.69, 9.17) is 4.74 Å². The molecule has 1 aliphatic heterocycles. The average Bonchev–Trinajstić information content (AvgIpc) is 2.49. The van der Waals surface area contributed by atoms with Crippen LogP contribution in [0.1, 0.15) is 69.2 Å². The van der Waals surface area contributed by atoms with Gasteiger partial charge in [-0.1, -0.05) is 39.3 Å². The third kappa shape index (κ3) is 4.46. The van der Waals surface area contributed by atoms with Crippen LogP contribution in [0.2, 0.25) is 0 Å². The molecular weight excluding hydrogens is 298 g/mol. The minimum absolute atomic E-state index is 0.0803. The number of likely N-dealkylation sites (tertiary alicyclic amines) is 1. The summed E-state index contributed by atoms with van der Waals surface area (Å²) in [5.74, 6) is 0.297. The summed E-state index contributed by atoms with van der Waals surface area (Å²) in [5, 5.41) is 0. The van der Waals surface area contributed by atoms with Crippen LogP contribution in [-0.2, 0) is 28.1 Å². The number of hydrogen-bond acceptors (Lipinski definition) is 3. The van der Waals surface area contributed by atoms with Crippen molar-refractivity contribution in [2.75, 3.05) is 13.7 Å². The van der Waals surface area contributed by atoms with Gasteiger partial charge < -0.3 is 4.74 Å². The van der Waals surface area contributed by atoms with Crippen LogP contribution in [0.4, 0.5) is 0 Å². The van der Waals surface area contributed by atoms with Crippen molar-refractivity contribution < 1.29 is 9.53 Å². The first-order chi connectivity index (χ1) is 11.2. The molecule has 1 heterocycles. The molecule has 1 aromatic rings. The average molecular weight is 332 g/mol. The van der Waals surface area contributed by atoms with Gasteiger partial charge in [-0.3, -0.25) is 9.69 Å². The van der Waals surface area contributed by atoms with Crippen molar-refractivity contribution in [1.82, 2.24) is 4.90 Å². The number of carbonyl (C=O) groups excluding carboxylic acids is 1. The molecule has 0 aliphatic carbocycles. The Morgan fingerprint density at radius 2 is 1.96 bits per heavy atom. The number of rotatable bonds is 5. The molecule has 24 heavy (non-hydrogen) atoms. The van der Waals surface area contributed by atoms with Gasteiger partial charge in [-0.05, 0) is 60.9 Å². The van der Waals surface area contributed by atoms with Crippen LogP contribution >= 0.6 is 0 Å². The van der Waals surface area contributed by atoms with E-state index in [1.807, 2.05) is 0 Å². The Hall–Kier alpha value is -1.19. The number of piperidine rings is 1. The summed E-state index contributed by atoms with van der Waals surface area (Å²) < 4.78 is 5.45. The zero-order valence-electron chi connectivity index (χ0n) is 16.2. The summed E-state index contributed by atoms with van der Waals surface area (Å²) in [6, 6.07) is 4.69. The molecule has 0 radical (unpaired) electrons. The number of carbonyl (C=O) groups is 1. The van der Waals surface area contributed by atoms with E-state index >= 15 is 0 Å². The Labute approximate surface area is 147 Å². The van der Waals surface area contributed by atoms with Gasteiger partial charge in [-0.25, -0.2) is 0 Å². The Kier molecular flexibility index (Phi) is 6.22. The first-order valence-electron chi connectivity index (χ1n) is 9.10.